The van der Waals surface area contributed by atoms with Crippen molar-refractivity contribution in [3.8, 4) is 0 Å². The van der Waals surface area contributed by atoms with Crippen molar-refractivity contribution in [2.75, 3.05) is 16.8 Å². The lowest BCUT2D eigenvalue weighted by molar-refractivity contribution is 0.828. The highest BCUT2D eigenvalue weighted by Gasteiger charge is 2.16. The molecule has 0 N–H and O–H groups in total. The van der Waals surface area contributed by atoms with Crippen LogP contribution < -0.4 is 9.80 Å². The molecule has 0 atom stereocenters. The molecule has 0 heterocycles. The Labute approximate surface area is 331 Å². The fourth-order valence-electron chi connectivity index (χ4n) is 8.77. The molecule has 56 heavy (non-hydrogen) atoms. The fraction of sp³-hybridized carbons (Fsp3) is 0.185. The van der Waals surface area contributed by atoms with Crippen molar-refractivity contribution in [2.24, 2.45) is 0 Å². The van der Waals surface area contributed by atoms with Gasteiger partial charge in [-0.2, -0.15) is 0 Å². The summed E-state index contributed by atoms with van der Waals surface area (Å²) >= 11 is 0. The summed E-state index contributed by atoms with van der Waals surface area (Å²) in [5, 5.41) is 5.03. The third-order valence-corrected chi connectivity index (χ3v) is 12.5. The maximum absolute atomic E-state index is 2.42. The monoisotopic (exact) mass is 724 g/mol. The fourth-order valence-corrected chi connectivity index (χ4v) is 8.77. The lowest BCUT2D eigenvalue weighted by Crippen LogP contribution is -2.10. The summed E-state index contributed by atoms with van der Waals surface area (Å²) in [5.74, 6) is 0. The summed E-state index contributed by atoms with van der Waals surface area (Å²) in [6.45, 7) is 2.15. The zero-order valence-electron chi connectivity index (χ0n) is 32.6. The topological polar surface area (TPSA) is 6.48 Å². The zero-order chi connectivity index (χ0) is 37.6. The highest BCUT2D eigenvalue weighted by Crippen LogP contribution is 2.39. The Morgan fingerprint density at radius 2 is 0.768 bits per heavy atom. The minimum absolute atomic E-state index is 1.05. The van der Waals surface area contributed by atoms with Crippen molar-refractivity contribution in [3.63, 3.8) is 0 Å². The predicted octanol–water partition coefficient (Wildman–Crippen LogP) is 13.3. The van der Waals surface area contributed by atoms with E-state index in [2.05, 4.69) is 181 Å². The highest BCUT2D eigenvalue weighted by atomic mass is 15.1. The third kappa shape index (κ3) is 6.75. The number of anilines is 5. The van der Waals surface area contributed by atoms with Crippen LogP contribution in [-0.4, -0.2) is 7.05 Å². The molecule has 0 bridgehead atoms. The molecule has 2 nitrogen and oxygen atoms in total. The maximum Gasteiger partial charge on any atom is 0.0468 e. The molecule has 0 aliphatic heterocycles. The number of hydrogen-bond donors (Lipinski definition) is 0. The van der Waals surface area contributed by atoms with Crippen LogP contribution in [0.15, 0.2) is 158 Å². The van der Waals surface area contributed by atoms with Crippen molar-refractivity contribution >= 4 is 50.0 Å². The first-order valence-electron chi connectivity index (χ1n) is 20.5. The zero-order valence-corrected chi connectivity index (χ0v) is 32.6. The van der Waals surface area contributed by atoms with Crippen molar-refractivity contribution in [2.45, 2.75) is 58.3 Å². The average Bonchev–Trinajstić information content (AvgIpc) is 3.21. The van der Waals surface area contributed by atoms with Gasteiger partial charge < -0.3 is 9.80 Å². The van der Waals surface area contributed by atoms with E-state index in [1.165, 1.54) is 103 Å². The Bertz CT molecular complexity index is 2700. The summed E-state index contributed by atoms with van der Waals surface area (Å²) in [7, 11) is 2.17. The van der Waals surface area contributed by atoms with Crippen molar-refractivity contribution in [1.82, 2.24) is 0 Å². The van der Waals surface area contributed by atoms with Crippen molar-refractivity contribution < 1.29 is 0 Å². The first-order valence-corrected chi connectivity index (χ1v) is 20.5. The van der Waals surface area contributed by atoms with E-state index in [-0.39, 0.29) is 0 Å². The van der Waals surface area contributed by atoms with E-state index >= 15 is 0 Å². The number of nitrogens with zero attached hydrogens (tertiary/aromatic N) is 2. The molecule has 8 aromatic rings. The van der Waals surface area contributed by atoms with Crippen LogP contribution in [0.3, 0.4) is 0 Å². The van der Waals surface area contributed by atoms with Crippen molar-refractivity contribution in [1.29, 1.82) is 0 Å². The van der Waals surface area contributed by atoms with Gasteiger partial charge in [-0.3, -0.25) is 0 Å². The van der Waals surface area contributed by atoms with Gasteiger partial charge in [-0.25, -0.2) is 0 Å². The van der Waals surface area contributed by atoms with Crippen LogP contribution in [0, 0.1) is 6.92 Å². The third-order valence-electron chi connectivity index (χ3n) is 12.5. The second kappa shape index (κ2) is 14.5. The van der Waals surface area contributed by atoms with Gasteiger partial charge in [0, 0.05) is 35.5 Å². The summed E-state index contributed by atoms with van der Waals surface area (Å²) in [6, 6.07) is 59.7. The largest absolute Gasteiger partial charge is 0.345 e. The van der Waals surface area contributed by atoms with Gasteiger partial charge >= 0.3 is 0 Å². The highest BCUT2D eigenvalue weighted by molar-refractivity contribution is 6.09. The molecule has 0 spiro atoms. The lowest BCUT2D eigenvalue weighted by Gasteiger charge is -2.26. The Morgan fingerprint density at radius 1 is 0.357 bits per heavy atom. The molecule has 0 amide bonds. The van der Waals surface area contributed by atoms with Gasteiger partial charge in [0.15, 0.2) is 0 Å². The first kappa shape index (κ1) is 34.4. The van der Waals surface area contributed by atoms with E-state index in [0.717, 1.165) is 37.1 Å². The molecule has 2 aliphatic carbocycles. The number of fused-ring (bicyclic) bond motifs is 5. The van der Waals surface area contributed by atoms with Gasteiger partial charge in [-0.05, 0) is 185 Å². The number of rotatable bonds is 11. The Hall–Kier alpha value is -6.12. The van der Waals surface area contributed by atoms with Crippen molar-refractivity contribution in [3.05, 3.63) is 208 Å². The molecule has 10 rings (SSSR count). The van der Waals surface area contributed by atoms with Gasteiger partial charge in [0.25, 0.3) is 0 Å². The van der Waals surface area contributed by atoms with E-state index in [1.807, 2.05) is 0 Å². The van der Waals surface area contributed by atoms with Crippen LogP contribution in [0.1, 0.15) is 50.1 Å². The lowest BCUT2D eigenvalue weighted by atomic mass is 9.86. The Morgan fingerprint density at radius 3 is 1.27 bits per heavy atom. The SMILES string of the molecule is Cc1ccc(N(c2ccc(CCc3ccc4c(c3)CC4)cc2)c2ccc3c(ccc4cc(N(C)c5ccc(CCc6ccc7c(c6)CC7)cc5)ccc43)c2)cc1. The number of benzene rings is 8. The molecule has 0 aromatic heterocycles. The molecule has 274 valence electrons. The van der Waals surface area contributed by atoms with E-state index in [9.17, 15) is 0 Å². The van der Waals surface area contributed by atoms with E-state index in [0.29, 0.717) is 0 Å². The van der Waals surface area contributed by atoms with E-state index in [4.69, 9.17) is 0 Å². The van der Waals surface area contributed by atoms with Crippen LogP contribution in [-0.2, 0) is 51.4 Å². The minimum Gasteiger partial charge on any atom is -0.345 e. The van der Waals surface area contributed by atoms with E-state index < -0.39 is 0 Å². The summed E-state index contributed by atoms with van der Waals surface area (Å²) in [6.07, 6.45) is 9.27. The molecule has 0 fully saturated rings. The Kier molecular flexibility index (Phi) is 8.91. The first-order chi connectivity index (χ1) is 27.5. The van der Waals surface area contributed by atoms with Crippen LogP contribution >= 0.6 is 0 Å². The second-order valence-electron chi connectivity index (χ2n) is 16.1. The normalized spacial score (nSPS) is 12.8. The maximum atomic E-state index is 2.42. The molecule has 8 aromatic carbocycles. The molecule has 0 unspecified atom stereocenters. The Balaban J connectivity index is 0.875. The smallest absolute Gasteiger partial charge is 0.0468 e. The van der Waals surface area contributed by atoms with Gasteiger partial charge in [-0.1, -0.05) is 103 Å². The predicted molar refractivity (Wildman–Crippen MR) is 238 cm³/mol. The van der Waals surface area contributed by atoms with Gasteiger partial charge in [0.05, 0.1) is 0 Å². The summed E-state index contributed by atoms with van der Waals surface area (Å²) in [4.78, 5) is 4.68. The van der Waals surface area contributed by atoms with Gasteiger partial charge in [0.2, 0.25) is 0 Å². The van der Waals surface area contributed by atoms with Gasteiger partial charge in [-0.15, -0.1) is 0 Å². The summed E-state index contributed by atoms with van der Waals surface area (Å²) in [5.41, 5.74) is 19.0. The van der Waals surface area contributed by atoms with Crippen LogP contribution in [0.25, 0.3) is 21.5 Å². The number of hydrogen-bond acceptors (Lipinski definition) is 2. The standard InChI is InChI=1S/C54H48N2/c1-37-3-23-49(24-4-37)56(50-27-13-39(14-28-50)6-8-41-10-16-43-18-20-45(43)34-41)52-30-32-54-47(36-52)22-21-46-35-51(29-31-53(46)54)55(2)48-25-11-38(12-26-48)5-7-40-9-15-42-17-19-44(42)33-40/h3-4,9-16,21-36H,5-8,17-20H2,1-2H3. The van der Waals surface area contributed by atoms with E-state index in [1.54, 1.807) is 11.1 Å². The summed E-state index contributed by atoms with van der Waals surface area (Å²) < 4.78 is 0. The molecule has 0 radical (unpaired) electrons. The van der Waals surface area contributed by atoms with Crippen LogP contribution in [0.2, 0.25) is 0 Å². The minimum atomic E-state index is 1.05. The molecule has 2 heteroatoms. The van der Waals surface area contributed by atoms with Gasteiger partial charge in [0.1, 0.15) is 0 Å². The number of aryl methyl sites for hydroxylation is 9. The molecule has 0 saturated heterocycles. The quantitative estimate of drug-likeness (QED) is 0.123. The molecule has 2 aliphatic rings. The molecular weight excluding hydrogens is 677 g/mol. The molecule has 0 saturated carbocycles. The van der Waals surface area contributed by atoms with Crippen LogP contribution in [0.4, 0.5) is 28.4 Å². The molecular formula is C54H48N2. The van der Waals surface area contributed by atoms with Crippen LogP contribution in [0.5, 0.6) is 0 Å². The average molecular weight is 725 g/mol. The second-order valence-corrected chi connectivity index (χ2v) is 16.1.